The molecule has 0 aliphatic rings. The highest BCUT2D eigenvalue weighted by molar-refractivity contribution is 7.98. The van der Waals surface area contributed by atoms with Gasteiger partial charge in [-0.3, -0.25) is 0 Å². The first-order valence-corrected chi connectivity index (χ1v) is 6.02. The Bertz CT molecular complexity index is 492. The third-order valence-electron chi connectivity index (χ3n) is 2.34. The first-order valence-electron chi connectivity index (χ1n) is 4.80. The van der Waals surface area contributed by atoms with E-state index >= 15 is 0 Å². The monoisotopic (exact) mass is 236 g/mol. The summed E-state index contributed by atoms with van der Waals surface area (Å²) < 4.78 is 25.8. The van der Waals surface area contributed by atoms with E-state index in [2.05, 4.69) is 0 Å². The topological polar surface area (TPSA) is 0 Å². The maximum absolute atomic E-state index is 13.0. The van der Waals surface area contributed by atoms with Gasteiger partial charge in [0.15, 0.2) is 11.6 Å². The lowest BCUT2D eigenvalue weighted by Gasteiger charge is -2.03. The van der Waals surface area contributed by atoms with Gasteiger partial charge >= 0.3 is 0 Å². The van der Waals surface area contributed by atoms with E-state index in [-0.39, 0.29) is 0 Å². The standard InChI is InChI=1S/C13H10F2S/c1-16-11-5-2-9(3-6-11)10-4-7-12(14)13(15)8-10/h2-8H,1H3. The fourth-order valence-electron chi connectivity index (χ4n) is 1.46. The Morgan fingerprint density at radius 2 is 1.44 bits per heavy atom. The van der Waals surface area contributed by atoms with Crippen molar-refractivity contribution in [3.63, 3.8) is 0 Å². The molecule has 0 amide bonds. The summed E-state index contributed by atoms with van der Waals surface area (Å²) in [5.74, 6) is -1.63. The van der Waals surface area contributed by atoms with E-state index in [4.69, 9.17) is 0 Å². The van der Waals surface area contributed by atoms with E-state index in [1.165, 1.54) is 6.07 Å². The van der Waals surface area contributed by atoms with Crippen LogP contribution in [0.1, 0.15) is 0 Å². The third-order valence-corrected chi connectivity index (χ3v) is 3.09. The van der Waals surface area contributed by atoms with Crippen LogP contribution in [-0.2, 0) is 0 Å². The molecule has 16 heavy (non-hydrogen) atoms. The lowest BCUT2D eigenvalue weighted by molar-refractivity contribution is 0.509. The molecule has 0 radical (unpaired) electrons. The van der Waals surface area contributed by atoms with E-state index in [1.54, 1.807) is 17.8 Å². The van der Waals surface area contributed by atoms with Gasteiger partial charge in [-0.05, 0) is 41.6 Å². The molecule has 0 atom stereocenters. The molecule has 0 spiro atoms. The van der Waals surface area contributed by atoms with Crippen LogP contribution in [0.2, 0.25) is 0 Å². The molecule has 0 heterocycles. The van der Waals surface area contributed by atoms with Crippen LogP contribution in [0, 0.1) is 11.6 Å². The molecule has 0 saturated heterocycles. The van der Waals surface area contributed by atoms with Crippen molar-refractivity contribution in [2.45, 2.75) is 4.90 Å². The first-order chi connectivity index (χ1) is 7.70. The second-order valence-corrected chi connectivity index (χ2v) is 4.24. The van der Waals surface area contributed by atoms with Crippen LogP contribution in [0.3, 0.4) is 0 Å². The maximum atomic E-state index is 13.0. The number of hydrogen-bond donors (Lipinski definition) is 0. The Hall–Kier alpha value is -1.35. The first kappa shape index (κ1) is 11.1. The summed E-state index contributed by atoms with van der Waals surface area (Å²) >= 11 is 1.64. The second kappa shape index (κ2) is 4.66. The number of halogens is 2. The molecule has 3 heteroatoms. The summed E-state index contributed by atoms with van der Waals surface area (Å²) in [7, 11) is 0. The zero-order valence-corrected chi connectivity index (χ0v) is 9.52. The van der Waals surface area contributed by atoms with Gasteiger partial charge in [0.2, 0.25) is 0 Å². The average molecular weight is 236 g/mol. The maximum Gasteiger partial charge on any atom is 0.159 e. The Kier molecular flexibility index (Phi) is 3.25. The molecule has 0 bridgehead atoms. The summed E-state index contributed by atoms with van der Waals surface area (Å²) in [6, 6.07) is 11.7. The van der Waals surface area contributed by atoms with Gasteiger partial charge in [-0.2, -0.15) is 0 Å². The minimum Gasteiger partial charge on any atom is -0.204 e. The van der Waals surface area contributed by atoms with Gasteiger partial charge in [-0.1, -0.05) is 18.2 Å². The normalized spacial score (nSPS) is 10.4. The van der Waals surface area contributed by atoms with Crippen LogP contribution in [-0.4, -0.2) is 6.26 Å². The summed E-state index contributed by atoms with van der Waals surface area (Å²) in [6.07, 6.45) is 1.99. The third kappa shape index (κ3) is 2.25. The molecule has 0 saturated carbocycles. The summed E-state index contributed by atoms with van der Waals surface area (Å²) in [5, 5.41) is 0. The molecule has 0 unspecified atom stereocenters. The highest BCUT2D eigenvalue weighted by atomic mass is 32.2. The molecule has 0 fully saturated rings. The van der Waals surface area contributed by atoms with Gasteiger partial charge < -0.3 is 0 Å². The van der Waals surface area contributed by atoms with Gasteiger partial charge in [0.05, 0.1) is 0 Å². The van der Waals surface area contributed by atoms with Gasteiger partial charge in [0, 0.05) is 4.90 Å². The molecule has 2 aromatic carbocycles. The summed E-state index contributed by atoms with van der Waals surface area (Å²) in [6.45, 7) is 0. The molecule has 0 N–H and O–H groups in total. The molecule has 0 aliphatic heterocycles. The number of rotatable bonds is 2. The summed E-state index contributed by atoms with van der Waals surface area (Å²) in [5.41, 5.74) is 1.57. The van der Waals surface area contributed by atoms with E-state index in [0.29, 0.717) is 5.56 Å². The van der Waals surface area contributed by atoms with Crippen molar-refractivity contribution in [3.05, 3.63) is 54.1 Å². The van der Waals surface area contributed by atoms with E-state index < -0.39 is 11.6 Å². The lowest BCUT2D eigenvalue weighted by Crippen LogP contribution is -1.85. The zero-order chi connectivity index (χ0) is 11.5. The summed E-state index contributed by atoms with van der Waals surface area (Å²) in [4.78, 5) is 1.14. The Labute approximate surface area is 97.3 Å². The molecule has 2 rings (SSSR count). The van der Waals surface area contributed by atoms with Crippen LogP contribution in [0.5, 0.6) is 0 Å². The van der Waals surface area contributed by atoms with Crippen LogP contribution in [0.15, 0.2) is 47.4 Å². The molecule has 0 aromatic heterocycles. The molecular weight excluding hydrogens is 226 g/mol. The average Bonchev–Trinajstić information content (AvgIpc) is 2.33. The van der Waals surface area contributed by atoms with Crippen molar-refractivity contribution >= 4 is 11.8 Å². The minimum atomic E-state index is -0.815. The lowest BCUT2D eigenvalue weighted by atomic mass is 10.1. The SMILES string of the molecule is CSc1ccc(-c2ccc(F)c(F)c2)cc1. The number of hydrogen-bond acceptors (Lipinski definition) is 1. The Morgan fingerprint density at radius 1 is 0.812 bits per heavy atom. The molecular formula is C13H10F2S. The van der Waals surface area contributed by atoms with Crippen LogP contribution in [0.25, 0.3) is 11.1 Å². The largest absolute Gasteiger partial charge is 0.204 e. The van der Waals surface area contributed by atoms with Crippen molar-refractivity contribution in [3.8, 4) is 11.1 Å². The van der Waals surface area contributed by atoms with Gasteiger partial charge in [0.25, 0.3) is 0 Å². The van der Waals surface area contributed by atoms with E-state index in [1.807, 2.05) is 30.5 Å². The predicted octanol–water partition coefficient (Wildman–Crippen LogP) is 4.35. The zero-order valence-electron chi connectivity index (χ0n) is 8.71. The number of thioether (sulfide) groups is 1. The fraction of sp³-hybridized carbons (Fsp3) is 0.0769. The highest BCUT2D eigenvalue weighted by Crippen LogP contribution is 2.24. The molecule has 82 valence electrons. The van der Waals surface area contributed by atoms with Crippen LogP contribution in [0.4, 0.5) is 8.78 Å². The highest BCUT2D eigenvalue weighted by Gasteiger charge is 2.04. The van der Waals surface area contributed by atoms with E-state index in [9.17, 15) is 8.78 Å². The van der Waals surface area contributed by atoms with Gasteiger partial charge in [0.1, 0.15) is 0 Å². The number of benzene rings is 2. The molecule has 2 aromatic rings. The van der Waals surface area contributed by atoms with E-state index in [0.717, 1.165) is 16.5 Å². The van der Waals surface area contributed by atoms with Crippen molar-refractivity contribution in [1.29, 1.82) is 0 Å². The second-order valence-electron chi connectivity index (χ2n) is 3.36. The minimum absolute atomic E-state index is 0.687. The van der Waals surface area contributed by atoms with Crippen molar-refractivity contribution in [2.24, 2.45) is 0 Å². The van der Waals surface area contributed by atoms with Gasteiger partial charge in [-0.25, -0.2) is 8.78 Å². The van der Waals surface area contributed by atoms with Crippen molar-refractivity contribution < 1.29 is 8.78 Å². The fourth-order valence-corrected chi connectivity index (χ4v) is 1.87. The quantitative estimate of drug-likeness (QED) is 0.698. The van der Waals surface area contributed by atoms with Crippen molar-refractivity contribution in [2.75, 3.05) is 6.26 Å². The predicted molar refractivity (Wildman–Crippen MR) is 63.6 cm³/mol. The van der Waals surface area contributed by atoms with Gasteiger partial charge in [-0.15, -0.1) is 11.8 Å². The molecule has 0 aliphatic carbocycles. The Balaban J connectivity index is 2.38. The smallest absolute Gasteiger partial charge is 0.159 e. The molecule has 0 nitrogen and oxygen atoms in total. The van der Waals surface area contributed by atoms with Crippen LogP contribution >= 0.6 is 11.8 Å². The Morgan fingerprint density at radius 3 is 2.00 bits per heavy atom. The van der Waals surface area contributed by atoms with Crippen LogP contribution < -0.4 is 0 Å². The van der Waals surface area contributed by atoms with Crippen molar-refractivity contribution in [1.82, 2.24) is 0 Å².